The van der Waals surface area contributed by atoms with Crippen molar-refractivity contribution < 1.29 is 37.1 Å². The zero-order chi connectivity index (χ0) is 15.5. The Kier molecular flexibility index (Phi) is 4.59. The number of Topliss-reactive ketones (excluding diaryl/α,β-unsaturated/α-hetero) is 2. The molecule has 8 heteroatoms. The number of carboxylic acids is 1. The summed E-state index contributed by atoms with van der Waals surface area (Å²) in [6, 6.07) is 4.59. The lowest BCUT2D eigenvalue weighted by molar-refractivity contribution is -0.166. The van der Waals surface area contributed by atoms with Crippen LogP contribution in [-0.2, 0) is 4.79 Å². The van der Waals surface area contributed by atoms with Crippen LogP contribution in [-0.4, -0.2) is 35.0 Å². The van der Waals surface area contributed by atoms with Crippen LogP contribution < -0.4 is 0 Å². The number of rotatable bonds is 6. The fourth-order valence-electron chi connectivity index (χ4n) is 1.39. The van der Waals surface area contributed by atoms with Gasteiger partial charge in [0.15, 0.2) is 5.78 Å². The maximum absolute atomic E-state index is 12.7. The third kappa shape index (κ3) is 3.19. The molecule has 0 saturated carbocycles. The van der Waals surface area contributed by atoms with Gasteiger partial charge >= 0.3 is 18.3 Å². The standard InChI is InChI=1S/C12H8F4O4/c13-11(14)12(15,16)9(18)5-8(17)6-3-1-2-4-7(6)10(19)20/h1-4,11H,5H2,(H,19,20). The number of carbonyl (C=O) groups is 3. The Morgan fingerprint density at radius 1 is 1.10 bits per heavy atom. The summed E-state index contributed by atoms with van der Waals surface area (Å²) in [5, 5.41) is 8.79. The Hall–Kier alpha value is -2.25. The second kappa shape index (κ2) is 5.81. The quantitative estimate of drug-likeness (QED) is 0.496. The molecule has 0 aliphatic heterocycles. The van der Waals surface area contributed by atoms with Crippen LogP contribution in [0.3, 0.4) is 0 Å². The van der Waals surface area contributed by atoms with Crippen molar-refractivity contribution in [1.29, 1.82) is 0 Å². The van der Waals surface area contributed by atoms with E-state index in [1.165, 1.54) is 12.1 Å². The van der Waals surface area contributed by atoms with Crippen molar-refractivity contribution >= 4 is 17.5 Å². The zero-order valence-electron chi connectivity index (χ0n) is 9.78. The van der Waals surface area contributed by atoms with E-state index in [1.54, 1.807) is 0 Å². The van der Waals surface area contributed by atoms with Gasteiger partial charge in [0.1, 0.15) is 0 Å². The highest BCUT2D eigenvalue weighted by atomic mass is 19.3. The number of benzene rings is 1. The monoisotopic (exact) mass is 292 g/mol. The van der Waals surface area contributed by atoms with Gasteiger partial charge in [-0.3, -0.25) is 9.59 Å². The molecule has 0 fully saturated rings. The smallest absolute Gasteiger partial charge is 0.364 e. The van der Waals surface area contributed by atoms with Gasteiger partial charge in [-0.25, -0.2) is 13.6 Å². The molecule has 0 aliphatic carbocycles. The topological polar surface area (TPSA) is 71.4 Å². The van der Waals surface area contributed by atoms with Crippen LogP contribution >= 0.6 is 0 Å². The highest BCUT2D eigenvalue weighted by Crippen LogP contribution is 2.26. The molecule has 4 nitrogen and oxygen atoms in total. The largest absolute Gasteiger partial charge is 0.478 e. The van der Waals surface area contributed by atoms with Crippen LogP contribution in [0.15, 0.2) is 24.3 Å². The third-order valence-corrected chi connectivity index (χ3v) is 2.42. The van der Waals surface area contributed by atoms with Crippen LogP contribution in [0.5, 0.6) is 0 Å². The first-order valence-corrected chi connectivity index (χ1v) is 5.22. The van der Waals surface area contributed by atoms with E-state index in [0.29, 0.717) is 0 Å². The van der Waals surface area contributed by atoms with Gasteiger partial charge in [0, 0.05) is 5.56 Å². The van der Waals surface area contributed by atoms with E-state index >= 15 is 0 Å². The van der Waals surface area contributed by atoms with Gasteiger partial charge in [0.25, 0.3) is 0 Å². The summed E-state index contributed by atoms with van der Waals surface area (Å²) in [5.74, 6) is -9.94. The number of halogens is 4. The number of hydrogen-bond acceptors (Lipinski definition) is 3. The average Bonchev–Trinajstić information content (AvgIpc) is 2.38. The second-order valence-corrected chi connectivity index (χ2v) is 3.80. The molecule has 1 rings (SSSR count). The van der Waals surface area contributed by atoms with E-state index in [1.807, 2.05) is 0 Å². The van der Waals surface area contributed by atoms with Crippen molar-refractivity contribution in [3.63, 3.8) is 0 Å². The van der Waals surface area contributed by atoms with E-state index < -0.39 is 47.4 Å². The molecule has 0 radical (unpaired) electrons. The van der Waals surface area contributed by atoms with Gasteiger partial charge < -0.3 is 5.11 Å². The summed E-state index contributed by atoms with van der Waals surface area (Å²) < 4.78 is 49.3. The van der Waals surface area contributed by atoms with Gasteiger partial charge in [-0.15, -0.1) is 0 Å². The van der Waals surface area contributed by atoms with E-state index in [2.05, 4.69) is 0 Å². The first-order valence-electron chi connectivity index (χ1n) is 5.22. The van der Waals surface area contributed by atoms with Crippen molar-refractivity contribution in [1.82, 2.24) is 0 Å². The SMILES string of the molecule is O=C(O)c1ccccc1C(=O)CC(=O)C(F)(F)C(F)F. The molecular formula is C12H8F4O4. The number of hydrogen-bond donors (Lipinski definition) is 1. The highest BCUT2D eigenvalue weighted by Gasteiger charge is 2.48. The highest BCUT2D eigenvalue weighted by molar-refractivity contribution is 6.13. The molecule has 0 bridgehead atoms. The number of ketones is 2. The normalized spacial score (nSPS) is 11.4. The molecule has 108 valence electrons. The number of alkyl halides is 4. The molecule has 0 heterocycles. The summed E-state index contributed by atoms with van der Waals surface area (Å²) >= 11 is 0. The summed E-state index contributed by atoms with van der Waals surface area (Å²) in [6.07, 6.45) is -5.72. The van der Waals surface area contributed by atoms with Crippen LogP contribution in [0.1, 0.15) is 27.1 Å². The summed E-state index contributed by atoms with van der Waals surface area (Å²) in [4.78, 5) is 33.4. The minimum Gasteiger partial charge on any atom is -0.478 e. The number of carboxylic acid groups (broad SMARTS) is 1. The molecule has 20 heavy (non-hydrogen) atoms. The fraction of sp³-hybridized carbons (Fsp3) is 0.250. The molecule has 0 aromatic heterocycles. The molecule has 0 spiro atoms. The molecule has 0 saturated heterocycles. The fourth-order valence-corrected chi connectivity index (χ4v) is 1.39. The van der Waals surface area contributed by atoms with Gasteiger partial charge in [-0.05, 0) is 6.07 Å². The number of carbonyl (C=O) groups excluding carboxylic acids is 2. The Balaban J connectivity index is 2.99. The van der Waals surface area contributed by atoms with Crippen molar-refractivity contribution in [2.45, 2.75) is 18.8 Å². The molecule has 1 N–H and O–H groups in total. The van der Waals surface area contributed by atoms with E-state index in [-0.39, 0.29) is 0 Å². The van der Waals surface area contributed by atoms with Crippen molar-refractivity contribution in [3.8, 4) is 0 Å². The van der Waals surface area contributed by atoms with Crippen LogP contribution in [0.25, 0.3) is 0 Å². The molecule has 1 aromatic rings. The lowest BCUT2D eigenvalue weighted by Gasteiger charge is -2.13. The molecule has 0 aliphatic rings. The summed E-state index contributed by atoms with van der Waals surface area (Å²) in [7, 11) is 0. The number of aromatic carboxylic acids is 1. The Morgan fingerprint density at radius 3 is 2.05 bits per heavy atom. The van der Waals surface area contributed by atoms with E-state index in [4.69, 9.17) is 5.11 Å². The lowest BCUT2D eigenvalue weighted by atomic mass is 9.98. The first-order chi connectivity index (χ1) is 9.17. The predicted molar refractivity (Wildman–Crippen MR) is 58.3 cm³/mol. The van der Waals surface area contributed by atoms with Crippen LogP contribution in [0.4, 0.5) is 17.6 Å². The maximum atomic E-state index is 12.7. The first kappa shape index (κ1) is 15.8. The Morgan fingerprint density at radius 2 is 1.60 bits per heavy atom. The molecule has 0 unspecified atom stereocenters. The zero-order valence-corrected chi connectivity index (χ0v) is 9.78. The molecular weight excluding hydrogens is 284 g/mol. The molecule has 1 aromatic carbocycles. The van der Waals surface area contributed by atoms with Crippen LogP contribution in [0, 0.1) is 0 Å². The minimum absolute atomic E-state index is 0.488. The van der Waals surface area contributed by atoms with Gasteiger partial charge in [0.2, 0.25) is 5.78 Å². The van der Waals surface area contributed by atoms with E-state index in [9.17, 15) is 31.9 Å². The van der Waals surface area contributed by atoms with Gasteiger partial charge in [0.05, 0.1) is 12.0 Å². The van der Waals surface area contributed by atoms with E-state index in [0.717, 1.165) is 12.1 Å². The van der Waals surface area contributed by atoms with Crippen molar-refractivity contribution in [2.75, 3.05) is 0 Å². The van der Waals surface area contributed by atoms with Crippen LogP contribution in [0.2, 0.25) is 0 Å². The molecule has 0 amide bonds. The Bertz CT molecular complexity index is 554. The maximum Gasteiger partial charge on any atom is 0.364 e. The summed E-state index contributed by atoms with van der Waals surface area (Å²) in [6.45, 7) is 0. The van der Waals surface area contributed by atoms with Crippen molar-refractivity contribution in [3.05, 3.63) is 35.4 Å². The van der Waals surface area contributed by atoms with Gasteiger partial charge in [-0.2, -0.15) is 8.78 Å². The van der Waals surface area contributed by atoms with Gasteiger partial charge in [-0.1, -0.05) is 18.2 Å². The third-order valence-electron chi connectivity index (χ3n) is 2.42. The minimum atomic E-state index is -4.94. The predicted octanol–water partition coefficient (Wildman–Crippen LogP) is 2.43. The van der Waals surface area contributed by atoms with Crippen molar-refractivity contribution in [2.24, 2.45) is 0 Å². The summed E-state index contributed by atoms with van der Waals surface area (Å²) in [5.41, 5.74) is -0.982. The average molecular weight is 292 g/mol. The Labute approximate surface area is 110 Å². The second-order valence-electron chi connectivity index (χ2n) is 3.80. The lowest BCUT2D eigenvalue weighted by Crippen LogP contribution is -2.37. The molecule has 0 atom stereocenters.